The Bertz CT molecular complexity index is 1620. The van der Waals surface area contributed by atoms with E-state index in [1.807, 2.05) is 24.3 Å². The summed E-state index contributed by atoms with van der Waals surface area (Å²) in [6, 6.07) is 23.2. The lowest BCUT2D eigenvalue weighted by Crippen LogP contribution is -1.95. The zero-order chi connectivity index (χ0) is 19.4. The molecule has 0 N–H and O–H groups in total. The number of fused-ring (bicyclic) bond motifs is 2. The fourth-order valence-electron chi connectivity index (χ4n) is 4.27. The molecule has 0 aliphatic carbocycles. The Morgan fingerprint density at radius 2 is 0.929 bits per heavy atom. The lowest BCUT2D eigenvalue weighted by molar-refractivity contribution is 1.48. The van der Waals surface area contributed by atoms with Crippen LogP contribution in [0.5, 0.6) is 0 Å². The first-order chi connectivity index (χ1) is 13.7. The maximum absolute atomic E-state index is 9.78. The number of nitrogens with zero attached hydrogens (tertiary/aromatic N) is 4. The number of nitriles is 4. The summed E-state index contributed by atoms with van der Waals surface area (Å²) >= 11 is 0. The van der Waals surface area contributed by atoms with E-state index in [1.54, 1.807) is 24.3 Å². The molecule has 4 heteroatoms. The third kappa shape index (κ3) is 1.74. The van der Waals surface area contributed by atoms with Crippen molar-refractivity contribution < 1.29 is 0 Å². The van der Waals surface area contributed by atoms with Crippen LogP contribution < -0.4 is 0 Å². The van der Waals surface area contributed by atoms with Crippen LogP contribution in [-0.2, 0) is 0 Å². The molecule has 5 aromatic rings. The third-order valence-electron chi connectivity index (χ3n) is 5.36. The Morgan fingerprint density at radius 1 is 0.429 bits per heavy atom. The normalized spacial score (nSPS) is 10.7. The van der Waals surface area contributed by atoms with Gasteiger partial charge >= 0.3 is 0 Å². The van der Waals surface area contributed by atoms with Gasteiger partial charge in [0.05, 0.1) is 46.5 Å². The molecule has 0 unspecified atom stereocenters. The van der Waals surface area contributed by atoms with Crippen molar-refractivity contribution in [2.45, 2.75) is 0 Å². The highest BCUT2D eigenvalue weighted by molar-refractivity contribution is 6.35. The van der Waals surface area contributed by atoms with Crippen LogP contribution >= 0.6 is 0 Å². The van der Waals surface area contributed by atoms with Gasteiger partial charge in [-0.05, 0) is 29.0 Å². The summed E-state index contributed by atoms with van der Waals surface area (Å²) in [5, 5.41) is 44.9. The average Bonchev–Trinajstić information content (AvgIpc) is 2.76. The predicted octanol–water partition coefficient (Wildman–Crippen LogP) is 5.22. The standard InChI is InChI=1S/C24H8N4/c25-9-13-4-7-20-22-16(12-28)8-15(11-27)17-2-1-3-19(23(17)22)21-14(10-26)5-6-18(13)24(20)21/h1-8H. The van der Waals surface area contributed by atoms with Crippen molar-refractivity contribution in [3.05, 3.63) is 70.8 Å². The van der Waals surface area contributed by atoms with Crippen molar-refractivity contribution in [1.29, 1.82) is 21.0 Å². The van der Waals surface area contributed by atoms with E-state index in [2.05, 4.69) is 24.3 Å². The molecule has 0 saturated carbocycles. The van der Waals surface area contributed by atoms with Gasteiger partial charge in [0.1, 0.15) is 0 Å². The Morgan fingerprint density at radius 3 is 1.61 bits per heavy atom. The molecule has 124 valence electrons. The van der Waals surface area contributed by atoms with Gasteiger partial charge in [0.15, 0.2) is 0 Å². The summed E-state index contributed by atoms with van der Waals surface area (Å²) in [6.07, 6.45) is 0. The largest absolute Gasteiger partial charge is 0.192 e. The second kappa shape index (κ2) is 5.43. The van der Waals surface area contributed by atoms with Crippen molar-refractivity contribution in [3.8, 4) is 24.3 Å². The van der Waals surface area contributed by atoms with Crippen LogP contribution in [0.4, 0.5) is 0 Å². The predicted molar refractivity (Wildman–Crippen MR) is 107 cm³/mol. The first-order valence-corrected chi connectivity index (χ1v) is 8.54. The van der Waals surface area contributed by atoms with Crippen LogP contribution in [-0.4, -0.2) is 0 Å². The van der Waals surface area contributed by atoms with Gasteiger partial charge in [0.2, 0.25) is 0 Å². The molecule has 0 heterocycles. The van der Waals surface area contributed by atoms with E-state index in [9.17, 15) is 21.0 Å². The number of benzene rings is 5. The monoisotopic (exact) mass is 352 g/mol. The van der Waals surface area contributed by atoms with E-state index in [0.29, 0.717) is 22.3 Å². The fraction of sp³-hybridized carbons (Fsp3) is 0. The highest BCUT2D eigenvalue weighted by atomic mass is 14.3. The van der Waals surface area contributed by atoms with Crippen LogP contribution in [0, 0.1) is 45.3 Å². The second-order valence-electron chi connectivity index (χ2n) is 6.59. The molecule has 28 heavy (non-hydrogen) atoms. The Kier molecular flexibility index (Phi) is 3.02. The van der Waals surface area contributed by atoms with Gasteiger partial charge in [-0.25, -0.2) is 0 Å². The van der Waals surface area contributed by atoms with Crippen LogP contribution in [0.2, 0.25) is 0 Å². The van der Waals surface area contributed by atoms with Gasteiger partial charge in [-0.3, -0.25) is 0 Å². The van der Waals surface area contributed by atoms with Crippen molar-refractivity contribution in [2.75, 3.05) is 0 Å². The number of hydrogen-bond acceptors (Lipinski definition) is 4. The number of hydrogen-bond donors (Lipinski definition) is 0. The molecule has 0 aliphatic heterocycles. The Balaban J connectivity index is 2.30. The highest BCUT2D eigenvalue weighted by Crippen LogP contribution is 2.44. The van der Waals surface area contributed by atoms with E-state index in [4.69, 9.17) is 0 Å². The van der Waals surface area contributed by atoms with Gasteiger partial charge in [-0.1, -0.05) is 30.3 Å². The van der Waals surface area contributed by atoms with Gasteiger partial charge in [0, 0.05) is 32.3 Å². The van der Waals surface area contributed by atoms with E-state index >= 15 is 0 Å². The summed E-state index contributed by atoms with van der Waals surface area (Å²) in [5.41, 5.74) is 1.87. The van der Waals surface area contributed by atoms with Crippen LogP contribution in [0.15, 0.2) is 48.5 Å². The van der Waals surface area contributed by atoms with E-state index in [0.717, 1.165) is 43.1 Å². The summed E-state index contributed by atoms with van der Waals surface area (Å²) < 4.78 is 0. The zero-order valence-electron chi connectivity index (χ0n) is 14.4. The van der Waals surface area contributed by atoms with Crippen LogP contribution in [0.3, 0.4) is 0 Å². The molecule has 0 aromatic heterocycles. The van der Waals surface area contributed by atoms with E-state index in [1.165, 1.54) is 0 Å². The molecule has 0 atom stereocenters. The van der Waals surface area contributed by atoms with Crippen molar-refractivity contribution in [1.82, 2.24) is 0 Å². The third-order valence-corrected chi connectivity index (χ3v) is 5.36. The quantitative estimate of drug-likeness (QED) is 0.282. The summed E-state index contributed by atoms with van der Waals surface area (Å²) in [7, 11) is 0. The SMILES string of the molecule is N#Cc1ccc2c3c(C#N)cc(C#N)c4cccc(c5c(C#N)ccc1c25)c43. The van der Waals surface area contributed by atoms with Gasteiger partial charge < -0.3 is 0 Å². The molecule has 0 amide bonds. The van der Waals surface area contributed by atoms with Gasteiger partial charge in [-0.2, -0.15) is 21.0 Å². The average molecular weight is 352 g/mol. The number of rotatable bonds is 0. The highest BCUT2D eigenvalue weighted by Gasteiger charge is 2.20. The van der Waals surface area contributed by atoms with Crippen LogP contribution in [0.25, 0.3) is 43.1 Å². The lowest BCUT2D eigenvalue weighted by atomic mass is 9.84. The molecule has 0 saturated heterocycles. The van der Waals surface area contributed by atoms with Crippen molar-refractivity contribution in [3.63, 3.8) is 0 Å². The molecular formula is C24H8N4. The minimum atomic E-state index is 0.413. The van der Waals surface area contributed by atoms with Crippen molar-refractivity contribution >= 4 is 43.1 Å². The van der Waals surface area contributed by atoms with Gasteiger partial charge in [0.25, 0.3) is 0 Å². The molecular weight excluding hydrogens is 344 g/mol. The zero-order valence-corrected chi connectivity index (χ0v) is 14.4. The smallest absolute Gasteiger partial charge is 0.0998 e. The Hall–Kier alpha value is -4.64. The summed E-state index contributed by atoms with van der Waals surface area (Å²) in [4.78, 5) is 0. The Labute approximate surface area is 159 Å². The molecule has 0 bridgehead atoms. The maximum atomic E-state index is 9.78. The lowest BCUT2D eigenvalue weighted by Gasteiger charge is -2.17. The second-order valence-corrected chi connectivity index (χ2v) is 6.59. The minimum absolute atomic E-state index is 0.413. The fourth-order valence-corrected chi connectivity index (χ4v) is 4.27. The molecule has 0 spiro atoms. The first kappa shape index (κ1) is 15.6. The van der Waals surface area contributed by atoms with Crippen LogP contribution in [0.1, 0.15) is 22.3 Å². The summed E-state index contributed by atoms with van der Waals surface area (Å²) in [6.45, 7) is 0. The molecule has 0 aliphatic rings. The van der Waals surface area contributed by atoms with Crippen molar-refractivity contribution in [2.24, 2.45) is 0 Å². The molecule has 5 aromatic carbocycles. The van der Waals surface area contributed by atoms with Gasteiger partial charge in [-0.15, -0.1) is 0 Å². The van der Waals surface area contributed by atoms with E-state index < -0.39 is 0 Å². The van der Waals surface area contributed by atoms with E-state index in [-0.39, 0.29) is 0 Å². The minimum Gasteiger partial charge on any atom is -0.192 e. The molecule has 5 rings (SSSR count). The topological polar surface area (TPSA) is 95.2 Å². The molecule has 0 fully saturated rings. The first-order valence-electron chi connectivity index (χ1n) is 8.54. The molecule has 4 nitrogen and oxygen atoms in total. The molecule has 0 radical (unpaired) electrons. The maximum Gasteiger partial charge on any atom is 0.0998 e. The summed E-state index contributed by atoms with van der Waals surface area (Å²) in [5.74, 6) is 0.